The number of amidine groups is 1. The number of aliphatic imine (C=N–C) groups is 1. The Morgan fingerprint density at radius 3 is 2.66 bits per heavy atom. The largest absolute Gasteiger partial charge is 0.352 e. The zero-order valence-electron chi connectivity index (χ0n) is 16.5. The van der Waals surface area contributed by atoms with Gasteiger partial charge < -0.3 is 10.6 Å². The second kappa shape index (κ2) is 9.76. The molecule has 6 nitrogen and oxygen atoms in total. The summed E-state index contributed by atoms with van der Waals surface area (Å²) in [5, 5.41) is 5.84. The summed E-state index contributed by atoms with van der Waals surface area (Å²) in [6, 6.07) is 7.87. The molecule has 29 heavy (non-hydrogen) atoms. The lowest BCUT2D eigenvalue weighted by molar-refractivity contribution is 0.599. The second-order valence-electron chi connectivity index (χ2n) is 6.28. The number of aryl methyl sites for hydroxylation is 1. The minimum atomic E-state index is -3.56. The maximum absolute atomic E-state index is 14.4. The minimum Gasteiger partial charge on any atom is -0.352 e. The fourth-order valence-electron chi connectivity index (χ4n) is 2.69. The van der Waals surface area contributed by atoms with Gasteiger partial charge in [-0.25, -0.2) is 12.8 Å². The first-order valence-corrected chi connectivity index (χ1v) is 11.0. The van der Waals surface area contributed by atoms with Crippen LogP contribution >= 0.6 is 11.6 Å². The number of rotatable bonds is 8. The van der Waals surface area contributed by atoms with Crippen LogP contribution in [0.3, 0.4) is 0 Å². The van der Waals surface area contributed by atoms with Gasteiger partial charge in [-0.1, -0.05) is 31.2 Å². The molecule has 0 aromatic heterocycles. The van der Waals surface area contributed by atoms with Crippen LogP contribution in [0.15, 0.2) is 48.1 Å². The van der Waals surface area contributed by atoms with Gasteiger partial charge in [0.1, 0.15) is 11.7 Å². The van der Waals surface area contributed by atoms with Crippen molar-refractivity contribution in [2.45, 2.75) is 20.3 Å². The average molecular weight is 439 g/mol. The fraction of sp³-hybridized carbons (Fsp3) is 0.250. The molecular formula is C20H24ClFN4O2S. The molecule has 2 aromatic rings. The summed E-state index contributed by atoms with van der Waals surface area (Å²) >= 11 is 6.30. The maximum atomic E-state index is 14.4. The topological polar surface area (TPSA) is 82.6 Å². The molecule has 0 amide bonds. The molecule has 0 bridgehead atoms. The lowest BCUT2D eigenvalue weighted by Crippen LogP contribution is -2.19. The summed E-state index contributed by atoms with van der Waals surface area (Å²) in [7, 11) is -1.91. The Kier molecular flexibility index (Phi) is 7.64. The maximum Gasteiger partial charge on any atom is 0.232 e. The Bertz CT molecular complexity index is 1040. The summed E-state index contributed by atoms with van der Waals surface area (Å²) in [4.78, 5) is 4.19. The highest BCUT2D eigenvalue weighted by molar-refractivity contribution is 7.92. The van der Waals surface area contributed by atoms with Crippen LogP contribution in [0.5, 0.6) is 0 Å². The van der Waals surface area contributed by atoms with E-state index in [2.05, 4.69) is 26.9 Å². The predicted octanol–water partition coefficient (Wildman–Crippen LogP) is 4.79. The number of hydrogen-bond donors (Lipinski definition) is 3. The van der Waals surface area contributed by atoms with Crippen LogP contribution in [0.4, 0.5) is 21.5 Å². The highest BCUT2D eigenvalue weighted by Crippen LogP contribution is 2.35. The van der Waals surface area contributed by atoms with Gasteiger partial charge in [-0.2, -0.15) is 0 Å². The molecule has 2 aromatic carbocycles. The van der Waals surface area contributed by atoms with Gasteiger partial charge in [-0.05, 0) is 49.4 Å². The van der Waals surface area contributed by atoms with Gasteiger partial charge in [0.2, 0.25) is 10.0 Å². The molecule has 0 saturated carbocycles. The van der Waals surface area contributed by atoms with Crippen molar-refractivity contribution in [1.29, 1.82) is 0 Å². The van der Waals surface area contributed by atoms with Crippen molar-refractivity contribution in [2.75, 3.05) is 22.8 Å². The lowest BCUT2D eigenvalue weighted by atomic mass is 10.1. The number of nitrogens with one attached hydrogen (secondary N) is 3. The number of anilines is 3. The van der Waals surface area contributed by atoms with Crippen LogP contribution in [0.25, 0.3) is 0 Å². The number of hydrogen-bond acceptors (Lipinski definition) is 4. The van der Waals surface area contributed by atoms with E-state index in [9.17, 15) is 12.8 Å². The van der Waals surface area contributed by atoms with Crippen LogP contribution in [0.1, 0.15) is 24.5 Å². The number of halogens is 2. The lowest BCUT2D eigenvalue weighted by Gasteiger charge is -2.16. The third-order valence-electron chi connectivity index (χ3n) is 4.05. The second-order valence-corrected chi connectivity index (χ2v) is 8.50. The van der Waals surface area contributed by atoms with Gasteiger partial charge in [-0.3, -0.25) is 9.71 Å². The minimum absolute atomic E-state index is 0.0233. The molecule has 0 aliphatic rings. The molecule has 9 heteroatoms. The van der Waals surface area contributed by atoms with E-state index >= 15 is 0 Å². The average Bonchev–Trinajstić information content (AvgIpc) is 2.67. The summed E-state index contributed by atoms with van der Waals surface area (Å²) in [6.45, 7) is 7.31. The quantitative estimate of drug-likeness (QED) is 0.408. The molecule has 0 heterocycles. The highest BCUT2D eigenvalue weighted by Gasteiger charge is 2.17. The SMILES string of the molecule is C=CNC(=NC)c1cc(Nc2c(F)ccc(NS(=O)(=O)CCC)c2Cl)ccc1C. The van der Waals surface area contributed by atoms with E-state index in [1.165, 1.54) is 12.3 Å². The zero-order chi connectivity index (χ0) is 21.6. The van der Waals surface area contributed by atoms with E-state index in [0.717, 1.165) is 17.2 Å². The van der Waals surface area contributed by atoms with Gasteiger partial charge >= 0.3 is 0 Å². The molecule has 0 aliphatic heterocycles. The normalized spacial score (nSPS) is 11.8. The summed E-state index contributed by atoms with van der Waals surface area (Å²) < 4.78 is 40.9. The zero-order valence-corrected chi connectivity index (χ0v) is 18.1. The Morgan fingerprint density at radius 1 is 1.31 bits per heavy atom. The first-order chi connectivity index (χ1) is 13.7. The Hall–Kier alpha value is -2.58. The first kappa shape index (κ1) is 22.7. The van der Waals surface area contributed by atoms with E-state index < -0.39 is 15.8 Å². The molecule has 156 valence electrons. The first-order valence-electron chi connectivity index (χ1n) is 8.93. The van der Waals surface area contributed by atoms with Crippen molar-refractivity contribution >= 4 is 44.5 Å². The molecule has 0 fully saturated rings. The molecule has 0 spiro atoms. The third-order valence-corrected chi connectivity index (χ3v) is 5.92. The number of nitrogens with zero attached hydrogens (tertiary/aromatic N) is 1. The predicted molar refractivity (Wildman–Crippen MR) is 119 cm³/mol. The molecule has 0 atom stereocenters. The molecule has 3 N–H and O–H groups in total. The standard InChI is InChI=1S/C20H24ClFN4O2S/c1-5-11-29(27,28)26-17-10-9-16(22)19(18(17)21)25-14-8-7-13(3)15(12-14)20(23-4)24-6-2/h6-10,12,25-26H,2,5,11H2,1,3-4H3,(H,23,24). The van der Waals surface area contributed by atoms with E-state index in [0.29, 0.717) is 17.9 Å². The van der Waals surface area contributed by atoms with Gasteiger partial charge in [-0.15, -0.1) is 0 Å². The summed E-state index contributed by atoms with van der Waals surface area (Å²) in [5.74, 6) is -0.0572. The molecule has 0 radical (unpaired) electrons. The van der Waals surface area contributed by atoms with Gasteiger partial charge in [0.25, 0.3) is 0 Å². The third kappa shape index (κ3) is 5.71. The van der Waals surface area contributed by atoms with E-state index in [-0.39, 0.29) is 22.2 Å². The summed E-state index contributed by atoms with van der Waals surface area (Å²) in [6.07, 6.45) is 1.97. The Balaban J connectivity index is 2.42. The van der Waals surface area contributed by atoms with Crippen LogP contribution in [-0.2, 0) is 10.0 Å². The number of sulfonamides is 1. The molecule has 0 saturated heterocycles. The van der Waals surface area contributed by atoms with E-state index in [1.54, 1.807) is 26.1 Å². The van der Waals surface area contributed by atoms with E-state index in [1.807, 2.05) is 13.0 Å². The number of benzene rings is 2. The highest BCUT2D eigenvalue weighted by atomic mass is 35.5. The molecule has 0 aliphatic carbocycles. The van der Waals surface area contributed by atoms with E-state index in [4.69, 9.17) is 11.6 Å². The Morgan fingerprint density at radius 2 is 2.03 bits per heavy atom. The summed E-state index contributed by atoms with van der Waals surface area (Å²) in [5.41, 5.74) is 2.41. The Labute approximate surface area is 175 Å². The van der Waals surface area contributed by atoms with Gasteiger partial charge in [0.15, 0.2) is 0 Å². The van der Waals surface area contributed by atoms with Crippen LogP contribution in [-0.4, -0.2) is 27.1 Å². The van der Waals surface area contributed by atoms with Crippen LogP contribution in [0.2, 0.25) is 5.02 Å². The van der Waals surface area contributed by atoms with Gasteiger partial charge in [0.05, 0.1) is 22.2 Å². The fourth-order valence-corrected chi connectivity index (χ4v) is 4.14. The van der Waals surface area contributed by atoms with Crippen molar-refractivity contribution in [1.82, 2.24) is 5.32 Å². The van der Waals surface area contributed by atoms with Crippen molar-refractivity contribution in [2.24, 2.45) is 4.99 Å². The van der Waals surface area contributed by atoms with Crippen LogP contribution < -0.4 is 15.4 Å². The smallest absolute Gasteiger partial charge is 0.232 e. The van der Waals surface area contributed by atoms with Crippen molar-refractivity contribution in [3.8, 4) is 0 Å². The molecule has 0 unspecified atom stereocenters. The van der Waals surface area contributed by atoms with Crippen LogP contribution in [0, 0.1) is 12.7 Å². The monoisotopic (exact) mass is 438 g/mol. The van der Waals surface area contributed by atoms with Crippen molar-refractivity contribution in [3.05, 3.63) is 65.1 Å². The molecular weight excluding hydrogens is 415 g/mol. The molecule has 2 rings (SSSR count). The van der Waals surface area contributed by atoms with Crippen molar-refractivity contribution in [3.63, 3.8) is 0 Å². The van der Waals surface area contributed by atoms with Crippen molar-refractivity contribution < 1.29 is 12.8 Å². The van der Waals surface area contributed by atoms with Gasteiger partial charge in [0, 0.05) is 18.3 Å².